The number of halogens is 1. The van der Waals surface area contributed by atoms with Gasteiger partial charge in [-0.3, -0.25) is 14.4 Å². The molecule has 12 heteroatoms. The lowest BCUT2D eigenvalue weighted by atomic mass is 9.85. The molecule has 0 unspecified atom stereocenters. The van der Waals surface area contributed by atoms with Crippen LogP contribution in [0.5, 0.6) is 0 Å². The number of primary amides is 1. The fourth-order valence-corrected chi connectivity index (χ4v) is 5.93. The molecule has 1 aromatic rings. The molecule has 254 valence electrons. The highest BCUT2D eigenvalue weighted by atomic mass is 125. The fourth-order valence-electron chi connectivity index (χ4n) is 5.57. The summed E-state index contributed by atoms with van der Waals surface area (Å²) in [6.45, 7) is 7.34. The molecule has 0 saturated heterocycles. The minimum atomic E-state index is -1.00. The number of rotatable bonds is 6. The monoisotopic (exact) mass is 759 g/mol. The Morgan fingerprint density at radius 2 is 1.79 bits per heavy atom. The van der Waals surface area contributed by atoms with Gasteiger partial charge in [-0.05, 0) is 78.5 Å². The molecule has 5 N–H and O–H groups in total. The van der Waals surface area contributed by atoms with Gasteiger partial charge in [0, 0.05) is 47.5 Å². The molecule has 1 aliphatic carbocycles. The van der Waals surface area contributed by atoms with Gasteiger partial charge in [0.05, 0.1) is 23.6 Å². The number of hydrogen-bond acceptors (Lipinski definition) is 9. The van der Waals surface area contributed by atoms with Crippen molar-refractivity contribution >= 4 is 46.2 Å². The molecule has 0 radical (unpaired) electrons. The van der Waals surface area contributed by atoms with E-state index in [-0.39, 0.29) is 34.9 Å². The molecular formula is C35H44IN3O8. The lowest BCUT2D eigenvalue weighted by molar-refractivity contribution is -0.120. The highest BCUT2D eigenvalue weighted by molar-refractivity contribution is 14.1. The van der Waals surface area contributed by atoms with E-state index in [4.69, 9.17) is 19.9 Å². The van der Waals surface area contributed by atoms with Crippen LogP contribution in [0.15, 0.2) is 82.8 Å². The number of Topliss-reactive ketones (excluding diaryl/α,β-unsaturated/α-hetero) is 1. The van der Waals surface area contributed by atoms with E-state index in [1.807, 2.05) is 38.1 Å². The largest absolute Gasteiger partial charge is 0.439 e. The van der Waals surface area contributed by atoms with Crippen LogP contribution >= 0.6 is 22.6 Å². The zero-order valence-corrected chi connectivity index (χ0v) is 29.7. The number of allylic oxidation sites excluding steroid dienone is 4. The van der Waals surface area contributed by atoms with E-state index in [1.54, 1.807) is 32.1 Å². The Kier molecular flexibility index (Phi) is 14.1. The van der Waals surface area contributed by atoms with Crippen LogP contribution in [-0.4, -0.2) is 67.3 Å². The number of methoxy groups -OCH3 is 2. The maximum atomic E-state index is 13.9. The summed E-state index contributed by atoms with van der Waals surface area (Å²) in [5.41, 5.74) is 7.42. The second-order valence-corrected chi connectivity index (χ2v) is 13.2. The van der Waals surface area contributed by atoms with Crippen LogP contribution in [0.1, 0.15) is 46.1 Å². The summed E-state index contributed by atoms with van der Waals surface area (Å²) in [5.74, 6) is -2.14. The van der Waals surface area contributed by atoms with Crippen molar-refractivity contribution < 1.29 is 38.5 Å². The van der Waals surface area contributed by atoms with Gasteiger partial charge in [0.1, 0.15) is 6.10 Å². The Morgan fingerprint density at radius 1 is 1.11 bits per heavy atom. The molecule has 2 aliphatic rings. The maximum absolute atomic E-state index is 13.9. The molecular weight excluding hydrogens is 715 g/mol. The van der Waals surface area contributed by atoms with Gasteiger partial charge in [-0.2, -0.15) is 0 Å². The van der Waals surface area contributed by atoms with Gasteiger partial charge in [0.2, 0.25) is 11.6 Å². The lowest BCUT2D eigenvalue weighted by Crippen LogP contribution is -2.37. The van der Waals surface area contributed by atoms with E-state index in [2.05, 4.69) is 33.2 Å². The average molecular weight is 760 g/mol. The number of carbonyl (C=O) groups excluding carboxylic acids is 4. The molecule has 2 amide bonds. The van der Waals surface area contributed by atoms with Gasteiger partial charge in [0.15, 0.2) is 6.10 Å². The molecule has 0 spiro atoms. The number of aliphatic hydroxyl groups excluding tert-OH is 1. The van der Waals surface area contributed by atoms with Gasteiger partial charge < -0.3 is 35.7 Å². The van der Waals surface area contributed by atoms with E-state index >= 15 is 0 Å². The molecule has 1 heterocycles. The van der Waals surface area contributed by atoms with Crippen LogP contribution in [0, 0.1) is 15.4 Å². The van der Waals surface area contributed by atoms with Crippen LogP contribution in [0.3, 0.4) is 0 Å². The standard InChI is InChI=1S/C35H44IN3O8/c1-19-14-25-30(38-18-23-10-12-24(36)13-11-23)27(40)17-26(32(25)42)39-34(43)20(2)8-7-9-28(45-5)33(47-35(37)44)22(4)16-21(3)31(41)29(15-19)46-6/h7-13,16-17,19,21,28-29,31,33,38,41H,14-15,18H2,1-6H3,(H2,37,44)(H,39,43)/b9-7-,20-8+,22-16+/t19-,21+,28+,29+,31-,33+/m1/s1/i36-2. The normalized spacial score (nSPS) is 29.5. The topological polar surface area (TPSA) is 166 Å². The number of carbonyl (C=O) groups is 4. The minimum absolute atomic E-state index is 0.127. The third-order valence-corrected chi connectivity index (χ3v) is 8.90. The third-order valence-electron chi connectivity index (χ3n) is 8.18. The fraction of sp³-hybridized carbons (Fsp3) is 0.429. The van der Waals surface area contributed by atoms with Crippen molar-refractivity contribution in [3.05, 3.63) is 91.9 Å². The molecule has 1 aromatic carbocycles. The molecule has 3 rings (SSSR count). The van der Waals surface area contributed by atoms with Crippen molar-refractivity contribution in [2.24, 2.45) is 17.6 Å². The number of aliphatic hydroxyl groups is 1. The van der Waals surface area contributed by atoms with E-state index < -0.39 is 53.9 Å². The summed E-state index contributed by atoms with van der Waals surface area (Å²) in [6, 6.07) is 7.79. The number of nitrogens with one attached hydrogen (secondary N) is 2. The SMILES string of the molecule is CO[C@H]1/C=C\C=C(/C)C(=O)NC2=CC(=O)C(NCc3ccc([125I])cc3)=C(C[C@@H](C)C[C@H](OC)[C@H](O)[C@@H](C)/C=C(\C)[C@@H]1OC(N)=O)C2=O. The van der Waals surface area contributed by atoms with Crippen LogP contribution in [0.4, 0.5) is 4.79 Å². The van der Waals surface area contributed by atoms with Crippen molar-refractivity contribution in [2.45, 2.75) is 71.5 Å². The zero-order valence-electron chi connectivity index (χ0n) is 27.5. The van der Waals surface area contributed by atoms with Crippen LogP contribution < -0.4 is 16.4 Å². The summed E-state index contributed by atoms with van der Waals surface area (Å²) in [4.78, 5) is 52.2. The van der Waals surface area contributed by atoms with Crippen molar-refractivity contribution in [3.8, 4) is 0 Å². The first-order valence-corrected chi connectivity index (χ1v) is 16.4. The predicted molar refractivity (Wildman–Crippen MR) is 186 cm³/mol. The molecule has 47 heavy (non-hydrogen) atoms. The number of fused-ring (bicyclic) bond motifs is 2. The van der Waals surface area contributed by atoms with E-state index in [0.29, 0.717) is 18.5 Å². The zero-order chi connectivity index (χ0) is 34.8. The lowest BCUT2D eigenvalue weighted by Gasteiger charge is -2.30. The van der Waals surface area contributed by atoms with Crippen molar-refractivity contribution in [1.82, 2.24) is 10.6 Å². The first-order valence-electron chi connectivity index (χ1n) is 15.3. The number of ketones is 2. The predicted octanol–water partition coefficient (Wildman–Crippen LogP) is 4.16. The van der Waals surface area contributed by atoms with Crippen molar-refractivity contribution in [3.63, 3.8) is 0 Å². The minimum Gasteiger partial charge on any atom is -0.439 e. The summed E-state index contributed by atoms with van der Waals surface area (Å²) in [5, 5.41) is 17.1. The number of hydrogen-bond donors (Lipinski definition) is 4. The van der Waals surface area contributed by atoms with E-state index in [9.17, 15) is 24.3 Å². The smallest absolute Gasteiger partial charge is 0.405 e. The van der Waals surface area contributed by atoms with Crippen LogP contribution in [0.2, 0.25) is 0 Å². The van der Waals surface area contributed by atoms with E-state index in [1.165, 1.54) is 20.3 Å². The highest BCUT2D eigenvalue weighted by Gasteiger charge is 2.33. The number of ether oxygens (including phenoxy) is 3. The Morgan fingerprint density at radius 3 is 2.40 bits per heavy atom. The molecule has 6 atom stereocenters. The van der Waals surface area contributed by atoms with Crippen molar-refractivity contribution in [1.29, 1.82) is 0 Å². The van der Waals surface area contributed by atoms with Gasteiger partial charge in [0.25, 0.3) is 5.91 Å². The molecule has 11 nitrogen and oxygen atoms in total. The number of benzene rings is 1. The van der Waals surface area contributed by atoms with Gasteiger partial charge in [-0.1, -0.05) is 50.3 Å². The quantitative estimate of drug-likeness (QED) is 0.189. The summed E-state index contributed by atoms with van der Waals surface area (Å²) in [6.07, 6.45) is 3.79. The molecule has 2 bridgehead atoms. The molecule has 0 fully saturated rings. The van der Waals surface area contributed by atoms with E-state index in [0.717, 1.165) is 15.2 Å². The number of nitrogens with two attached hydrogens (primary N) is 1. The van der Waals surface area contributed by atoms with Gasteiger partial charge >= 0.3 is 6.09 Å². The maximum Gasteiger partial charge on any atom is 0.405 e. The van der Waals surface area contributed by atoms with Crippen LogP contribution in [-0.2, 0) is 35.1 Å². The average Bonchev–Trinajstić information content (AvgIpc) is 3.02. The summed E-state index contributed by atoms with van der Waals surface area (Å²) in [7, 11) is 2.93. The Balaban J connectivity index is 2.06. The molecule has 1 aliphatic heterocycles. The second-order valence-electron chi connectivity index (χ2n) is 11.9. The van der Waals surface area contributed by atoms with Gasteiger partial charge in [-0.25, -0.2) is 4.79 Å². The summed E-state index contributed by atoms with van der Waals surface area (Å²) >= 11 is 2.21. The Labute approximate surface area is 289 Å². The molecule has 0 aromatic heterocycles. The summed E-state index contributed by atoms with van der Waals surface area (Å²) < 4.78 is 17.7. The molecule has 0 saturated carbocycles. The Hall–Kier alpha value is -3.59. The second kappa shape index (κ2) is 17.5. The Bertz CT molecular complexity index is 1490. The first-order chi connectivity index (χ1) is 22.2. The highest BCUT2D eigenvalue weighted by Crippen LogP contribution is 2.29. The number of amides is 2. The van der Waals surface area contributed by atoms with Gasteiger partial charge in [-0.15, -0.1) is 0 Å². The third kappa shape index (κ3) is 10.4. The first kappa shape index (κ1) is 37.9. The van der Waals surface area contributed by atoms with Crippen LogP contribution in [0.25, 0.3) is 0 Å². The van der Waals surface area contributed by atoms with Crippen molar-refractivity contribution in [2.75, 3.05) is 14.2 Å².